The Labute approximate surface area is 101 Å². The van der Waals surface area contributed by atoms with E-state index >= 15 is 0 Å². The lowest BCUT2D eigenvalue weighted by Gasteiger charge is -2.26. The van der Waals surface area contributed by atoms with E-state index in [9.17, 15) is 9.59 Å². The van der Waals surface area contributed by atoms with Crippen molar-refractivity contribution < 1.29 is 14.7 Å². The van der Waals surface area contributed by atoms with Gasteiger partial charge in [0.25, 0.3) is 0 Å². The summed E-state index contributed by atoms with van der Waals surface area (Å²) in [6.45, 7) is 1.97. The van der Waals surface area contributed by atoms with Gasteiger partial charge in [-0.1, -0.05) is 12.8 Å². The predicted octanol–water partition coefficient (Wildman–Crippen LogP) is 1.09. The molecule has 1 unspecified atom stereocenters. The van der Waals surface area contributed by atoms with Crippen LogP contribution in [-0.4, -0.2) is 28.7 Å². The summed E-state index contributed by atoms with van der Waals surface area (Å²) in [6, 6.07) is -1.48. The summed E-state index contributed by atoms with van der Waals surface area (Å²) < 4.78 is 0. The molecule has 0 bridgehead atoms. The molecular formula is C12H18N2O3. The molecule has 0 radical (unpaired) electrons. The Kier molecular flexibility index (Phi) is 4.38. The molecule has 17 heavy (non-hydrogen) atoms. The Morgan fingerprint density at radius 2 is 2.06 bits per heavy atom. The molecule has 0 saturated heterocycles. The van der Waals surface area contributed by atoms with E-state index in [-0.39, 0.29) is 12.0 Å². The Hall–Kier alpha value is -1.70. The number of urea groups is 1. The fourth-order valence-electron chi connectivity index (χ4n) is 2.07. The monoisotopic (exact) mass is 238 g/mol. The highest BCUT2D eigenvalue weighted by Gasteiger charge is 2.31. The van der Waals surface area contributed by atoms with Gasteiger partial charge in [-0.3, -0.25) is 0 Å². The molecule has 1 fully saturated rings. The molecule has 94 valence electrons. The van der Waals surface area contributed by atoms with Gasteiger partial charge in [-0.25, -0.2) is 9.59 Å². The Morgan fingerprint density at radius 3 is 2.53 bits per heavy atom. The van der Waals surface area contributed by atoms with Crippen LogP contribution in [0.1, 0.15) is 39.0 Å². The molecule has 0 spiro atoms. The van der Waals surface area contributed by atoms with Gasteiger partial charge in [0, 0.05) is 12.0 Å². The number of aliphatic carboxylic acids is 1. The molecule has 1 aliphatic rings. The molecule has 2 amide bonds. The number of rotatable bonds is 4. The molecule has 1 rings (SSSR count). The SMILES string of the molecule is C#CCC(NC(=O)NC1(C)CCCC1)C(=O)O. The number of terminal acetylenes is 1. The van der Waals surface area contributed by atoms with Gasteiger partial charge < -0.3 is 15.7 Å². The predicted molar refractivity (Wildman–Crippen MR) is 63.4 cm³/mol. The number of carboxylic acids is 1. The molecule has 0 heterocycles. The minimum atomic E-state index is -1.12. The van der Waals surface area contributed by atoms with Crippen LogP contribution < -0.4 is 10.6 Å². The lowest BCUT2D eigenvalue weighted by molar-refractivity contribution is -0.139. The van der Waals surface area contributed by atoms with Crippen LogP contribution in [0.5, 0.6) is 0 Å². The van der Waals surface area contributed by atoms with Crippen LogP contribution in [0.3, 0.4) is 0 Å². The van der Waals surface area contributed by atoms with E-state index in [1.165, 1.54) is 0 Å². The van der Waals surface area contributed by atoms with Crippen LogP contribution in [0.4, 0.5) is 4.79 Å². The van der Waals surface area contributed by atoms with Crippen molar-refractivity contribution in [3.63, 3.8) is 0 Å². The van der Waals surface area contributed by atoms with Crippen molar-refractivity contribution in [1.29, 1.82) is 0 Å². The molecule has 0 aromatic rings. The van der Waals surface area contributed by atoms with Crippen molar-refractivity contribution in [3.05, 3.63) is 0 Å². The zero-order valence-corrected chi connectivity index (χ0v) is 9.95. The number of hydrogen-bond acceptors (Lipinski definition) is 2. The van der Waals surface area contributed by atoms with Gasteiger partial charge in [-0.15, -0.1) is 12.3 Å². The minimum absolute atomic E-state index is 0.0144. The number of carboxylic acid groups (broad SMARTS) is 1. The normalized spacial score (nSPS) is 19.1. The summed E-state index contributed by atoms with van der Waals surface area (Å²) >= 11 is 0. The summed E-state index contributed by atoms with van der Waals surface area (Å²) in [5, 5.41) is 14.0. The van der Waals surface area contributed by atoms with Gasteiger partial charge in [0.15, 0.2) is 0 Å². The van der Waals surface area contributed by atoms with Crippen molar-refractivity contribution in [3.8, 4) is 12.3 Å². The van der Waals surface area contributed by atoms with E-state index in [4.69, 9.17) is 11.5 Å². The molecule has 5 heteroatoms. The molecule has 0 aromatic carbocycles. The third-order valence-corrected chi connectivity index (χ3v) is 3.05. The molecule has 1 atom stereocenters. The van der Waals surface area contributed by atoms with Crippen LogP contribution in [0.2, 0.25) is 0 Å². The third kappa shape index (κ3) is 3.99. The van der Waals surface area contributed by atoms with Crippen LogP contribution in [-0.2, 0) is 4.79 Å². The molecule has 0 aromatic heterocycles. The van der Waals surface area contributed by atoms with E-state index in [1.807, 2.05) is 6.92 Å². The maximum Gasteiger partial charge on any atom is 0.327 e. The smallest absolute Gasteiger partial charge is 0.327 e. The Balaban J connectivity index is 2.47. The molecule has 1 saturated carbocycles. The molecule has 5 nitrogen and oxygen atoms in total. The molecular weight excluding hydrogens is 220 g/mol. The quantitative estimate of drug-likeness (QED) is 0.642. The van der Waals surface area contributed by atoms with Crippen molar-refractivity contribution in [2.24, 2.45) is 0 Å². The standard InChI is InChI=1S/C12H18N2O3/c1-3-6-9(10(15)16)13-11(17)14-12(2)7-4-5-8-12/h1,9H,4-8H2,2H3,(H,15,16)(H2,13,14,17). The average Bonchev–Trinajstić information content (AvgIpc) is 2.63. The first kappa shape index (κ1) is 13.4. The Morgan fingerprint density at radius 1 is 1.47 bits per heavy atom. The topological polar surface area (TPSA) is 78.4 Å². The summed E-state index contributed by atoms with van der Waals surface area (Å²) in [6.07, 6.45) is 9.05. The lowest BCUT2D eigenvalue weighted by Crippen LogP contribution is -2.52. The molecule has 0 aliphatic heterocycles. The maximum absolute atomic E-state index is 11.6. The number of carbonyl (C=O) groups excluding carboxylic acids is 1. The van der Waals surface area contributed by atoms with Crippen LogP contribution in [0.25, 0.3) is 0 Å². The summed E-state index contributed by atoms with van der Waals surface area (Å²) in [4.78, 5) is 22.4. The second-order valence-corrected chi connectivity index (χ2v) is 4.67. The zero-order valence-electron chi connectivity index (χ0n) is 9.95. The van der Waals surface area contributed by atoms with Gasteiger partial charge >= 0.3 is 12.0 Å². The first-order valence-electron chi connectivity index (χ1n) is 5.72. The first-order valence-corrected chi connectivity index (χ1v) is 5.72. The largest absolute Gasteiger partial charge is 0.480 e. The fourth-order valence-corrected chi connectivity index (χ4v) is 2.07. The number of carbonyl (C=O) groups is 2. The van der Waals surface area contributed by atoms with Crippen LogP contribution in [0.15, 0.2) is 0 Å². The van der Waals surface area contributed by atoms with E-state index in [2.05, 4.69) is 16.6 Å². The van der Waals surface area contributed by atoms with E-state index < -0.39 is 18.0 Å². The summed E-state index contributed by atoms with van der Waals surface area (Å²) in [5.74, 6) is 1.12. The highest BCUT2D eigenvalue weighted by Crippen LogP contribution is 2.28. The van der Waals surface area contributed by atoms with Crippen molar-refractivity contribution >= 4 is 12.0 Å². The van der Waals surface area contributed by atoms with Gasteiger partial charge in [-0.05, 0) is 19.8 Å². The highest BCUT2D eigenvalue weighted by atomic mass is 16.4. The number of amides is 2. The molecule has 1 aliphatic carbocycles. The van der Waals surface area contributed by atoms with E-state index in [0.29, 0.717) is 0 Å². The zero-order chi connectivity index (χ0) is 12.9. The van der Waals surface area contributed by atoms with Crippen molar-refractivity contribution in [1.82, 2.24) is 10.6 Å². The van der Waals surface area contributed by atoms with Gasteiger partial charge in [0.1, 0.15) is 6.04 Å². The second-order valence-electron chi connectivity index (χ2n) is 4.67. The van der Waals surface area contributed by atoms with Crippen molar-refractivity contribution in [2.75, 3.05) is 0 Å². The van der Waals surface area contributed by atoms with Crippen LogP contribution in [0, 0.1) is 12.3 Å². The Bertz CT molecular complexity index is 340. The van der Waals surface area contributed by atoms with E-state index in [0.717, 1.165) is 25.7 Å². The molecule has 3 N–H and O–H groups in total. The number of nitrogens with one attached hydrogen (secondary N) is 2. The fraction of sp³-hybridized carbons (Fsp3) is 0.667. The third-order valence-electron chi connectivity index (χ3n) is 3.05. The second kappa shape index (κ2) is 5.58. The summed E-state index contributed by atoms with van der Waals surface area (Å²) in [7, 11) is 0. The number of hydrogen-bond donors (Lipinski definition) is 3. The highest BCUT2D eigenvalue weighted by molar-refractivity contribution is 5.83. The van der Waals surface area contributed by atoms with E-state index in [1.54, 1.807) is 0 Å². The van der Waals surface area contributed by atoms with Gasteiger partial charge in [-0.2, -0.15) is 0 Å². The van der Waals surface area contributed by atoms with Crippen LogP contribution >= 0.6 is 0 Å². The van der Waals surface area contributed by atoms with Gasteiger partial charge in [0.05, 0.1) is 0 Å². The minimum Gasteiger partial charge on any atom is -0.480 e. The average molecular weight is 238 g/mol. The lowest BCUT2D eigenvalue weighted by atomic mass is 10.0. The van der Waals surface area contributed by atoms with Crippen molar-refractivity contribution in [2.45, 2.75) is 50.6 Å². The summed E-state index contributed by atoms with van der Waals surface area (Å²) in [5.41, 5.74) is -0.219. The first-order chi connectivity index (χ1) is 7.97. The maximum atomic E-state index is 11.6. The van der Waals surface area contributed by atoms with Gasteiger partial charge in [0.2, 0.25) is 0 Å².